The molecule has 2 N–H and O–H groups in total. The van der Waals surface area contributed by atoms with E-state index in [1.165, 1.54) is 6.26 Å². The predicted octanol–water partition coefficient (Wildman–Crippen LogP) is -0.313. The van der Waals surface area contributed by atoms with Crippen LogP contribution in [0.1, 0.15) is 23.4 Å². The van der Waals surface area contributed by atoms with Gasteiger partial charge in [0.05, 0.1) is 26.4 Å². The van der Waals surface area contributed by atoms with Gasteiger partial charge in [-0.2, -0.15) is 0 Å². The molecule has 0 radical (unpaired) electrons. The number of carbonyl (C=O) groups excluding carboxylic acids is 1. The quantitative estimate of drug-likeness (QED) is 0.701. The second-order valence-electron chi connectivity index (χ2n) is 4.18. The molecule has 1 amide bonds. The zero-order valence-electron chi connectivity index (χ0n) is 8.95. The van der Waals surface area contributed by atoms with Crippen molar-refractivity contribution in [3.8, 4) is 0 Å². The Kier molecular flexibility index (Phi) is 3.06. The fraction of sp³-hybridized carbons (Fsp3) is 0.545. The molecule has 0 spiro atoms. The summed E-state index contributed by atoms with van der Waals surface area (Å²) in [5.41, 5.74) is 0. The molecule has 0 saturated carbocycles. The Bertz CT molecular complexity index is 313. The van der Waals surface area contributed by atoms with Gasteiger partial charge in [0.2, 0.25) is 0 Å². The van der Waals surface area contributed by atoms with Gasteiger partial charge < -0.3 is 14.6 Å². The molecule has 0 atom stereocenters. The molecule has 1 fully saturated rings. The molecule has 1 aromatic heterocycles. The normalized spacial score (nSPS) is 26.2. The molecule has 4 heteroatoms. The maximum atomic E-state index is 11.6. The highest BCUT2D eigenvalue weighted by Gasteiger charge is 2.21. The summed E-state index contributed by atoms with van der Waals surface area (Å²) < 4.78 is 5.04. The van der Waals surface area contributed by atoms with Crippen LogP contribution in [0.2, 0.25) is 0 Å². The summed E-state index contributed by atoms with van der Waals surface area (Å²) in [6.45, 7) is 2.26. The van der Waals surface area contributed by atoms with Gasteiger partial charge >= 0.3 is 0 Å². The lowest BCUT2D eigenvalue weighted by molar-refractivity contribution is -0.884. The van der Waals surface area contributed by atoms with Crippen LogP contribution in [-0.4, -0.2) is 32.1 Å². The minimum absolute atomic E-state index is 0.0930. The Balaban J connectivity index is 1.85. The van der Waals surface area contributed by atoms with Crippen molar-refractivity contribution in [2.45, 2.75) is 18.9 Å². The third kappa shape index (κ3) is 2.59. The molecule has 4 nitrogen and oxygen atoms in total. The minimum Gasteiger partial charge on any atom is -0.459 e. The zero-order valence-corrected chi connectivity index (χ0v) is 8.95. The Hall–Kier alpha value is -1.29. The van der Waals surface area contributed by atoms with E-state index in [0.29, 0.717) is 11.8 Å². The molecule has 0 aliphatic carbocycles. The summed E-state index contributed by atoms with van der Waals surface area (Å²) in [7, 11) is 2.19. The summed E-state index contributed by atoms with van der Waals surface area (Å²) in [6.07, 6.45) is 3.63. The lowest BCUT2D eigenvalue weighted by Gasteiger charge is -2.26. The number of rotatable bonds is 2. The second kappa shape index (κ2) is 4.49. The van der Waals surface area contributed by atoms with Gasteiger partial charge in [0.1, 0.15) is 0 Å². The maximum Gasteiger partial charge on any atom is 0.287 e. The van der Waals surface area contributed by atoms with Gasteiger partial charge in [0, 0.05) is 18.9 Å². The van der Waals surface area contributed by atoms with E-state index in [1.807, 2.05) is 0 Å². The van der Waals surface area contributed by atoms with Crippen molar-refractivity contribution < 1.29 is 14.1 Å². The van der Waals surface area contributed by atoms with Gasteiger partial charge in [0.25, 0.3) is 5.91 Å². The molecule has 1 aliphatic heterocycles. The molecule has 1 aliphatic rings. The number of hydrogen-bond donors (Lipinski definition) is 2. The zero-order chi connectivity index (χ0) is 10.7. The standard InChI is InChI=1S/C11H16N2O2/c1-13-6-4-9(5-7-13)12-11(14)10-3-2-8-15-10/h2-3,8-9H,4-7H2,1H3,(H,12,14)/p+1. The lowest BCUT2D eigenvalue weighted by Crippen LogP contribution is -3.10. The lowest BCUT2D eigenvalue weighted by atomic mass is 10.1. The fourth-order valence-electron chi connectivity index (χ4n) is 1.92. The van der Waals surface area contributed by atoms with E-state index in [4.69, 9.17) is 4.42 Å². The van der Waals surface area contributed by atoms with Gasteiger partial charge in [-0.05, 0) is 12.1 Å². The first kappa shape index (κ1) is 10.2. The first-order chi connectivity index (χ1) is 7.25. The Morgan fingerprint density at radius 3 is 2.87 bits per heavy atom. The minimum atomic E-state index is -0.0930. The number of likely N-dealkylation sites (tertiary alicyclic amines) is 1. The molecule has 0 aromatic carbocycles. The highest BCUT2D eigenvalue weighted by molar-refractivity contribution is 5.91. The van der Waals surface area contributed by atoms with Crippen molar-refractivity contribution in [2.75, 3.05) is 20.1 Å². The molecule has 0 unspecified atom stereocenters. The average Bonchev–Trinajstić information content (AvgIpc) is 2.74. The van der Waals surface area contributed by atoms with Crippen LogP contribution in [0.3, 0.4) is 0 Å². The number of amides is 1. The van der Waals surface area contributed by atoms with Crippen LogP contribution in [0.5, 0.6) is 0 Å². The summed E-state index contributed by atoms with van der Waals surface area (Å²) in [6, 6.07) is 3.73. The van der Waals surface area contributed by atoms with E-state index in [9.17, 15) is 4.79 Å². The molecule has 2 heterocycles. The number of nitrogens with one attached hydrogen (secondary N) is 2. The number of carbonyl (C=O) groups is 1. The van der Waals surface area contributed by atoms with Crippen molar-refractivity contribution in [2.24, 2.45) is 0 Å². The summed E-state index contributed by atoms with van der Waals surface area (Å²) in [4.78, 5) is 13.2. The summed E-state index contributed by atoms with van der Waals surface area (Å²) in [5.74, 6) is 0.311. The Morgan fingerprint density at radius 2 is 2.27 bits per heavy atom. The van der Waals surface area contributed by atoms with Crippen LogP contribution in [0.4, 0.5) is 0 Å². The smallest absolute Gasteiger partial charge is 0.287 e. The van der Waals surface area contributed by atoms with Crippen molar-refractivity contribution in [3.05, 3.63) is 24.2 Å². The summed E-state index contributed by atoms with van der Waals surface area (Å²) in [5, 5.41) is 3.00. The van der Waals surface area contributed by atoms with E-state index < -0.39 is 0 Å². The van der Waals surface area contributed by atoms with E-state index in [0.717, 1.165) is 25.9 Å². The Labute approximate surface area is 89.2 Å². The maximum absolute atomic E-state index is 11.6. The second-order valence-corrected chi connectivity index (χ2v) is 4.18. The number of hydrogen-bond acceptors (Lipinski definition) is 2. The molecular weight excluding hydrogens is 192 g/mol. The number of quaternary nitrogens is 1. The molecule has 15 heavy (non-hydrogen) atoms. The van der Waals surface area contributed by atoms with E-state index in [2.05, 4.69) is 12.4 Å². The topological polar surface area (TPSA) is 46.7 Å². The fourth-order valence-corrected chi connectivity index (χ4v) is 1.92. The van der Waals surface area contributed by atoms with Crippen LogP contribution >= 0.6 is 0 Å². The third-order valence-electron chi connectivity index (χ3n) is 2.92. The Morgan fingerprint density at radius 1 is 1.53 bits per heavy atom. The van der Waals surface area contributed by atoms with Gasteiger partial charge in [-0.1, -0.05) is 0 Å². The van der Waals surface area contributed by atoms with Crippen molar-refractivity contribution in [3.63, 3.8) is 0 Å². The SMILES string of the molecule is C[NH+]1CCC(NC(=O)c2ccco2)CC1. The molecule has 82 valence electrons. The van der Waals surface area contributed by atoms with Gasteiger partial charge in [0.15, 0.2) is 5.76 Å². The molecule has 0 bridgehead atoms. The first-order valence-electron chi connectivity index (χ1n) is 5.41. The van der Waals surface area contributed by atoms with E-state index in [1.54, 1.807) is 17.0 Å². The van der Waals surface area contributed by atoms with Crippen LogP contribution < -0.4 is 10.2 Å². The summed E-state index contributed by atoms with van der Waals surface area (Å²) >= 11 is 0. The highest BCUT2D eigenvalue weighted by atomic mass is 16.3. The largest absolute Gasteiger partial charge is 0.459 e. The first-order valence-corrected chi connectivity index (χ1v) is 5.41. The van der Waals surface area contributed by atoms with Gasteiger partial charge in [-0.25, -0.2) is 0 Å². The van der Waals surface area contributed by atoms with Gasteiger partial charge in [-0.3, -0.25) is 4.79 Å². The average molecular weight is 209 g/mol. The number of furan rings is 1. The predicted molar refractivity (Wildman–Crippen MR) is 55.8 cm³/mol. The van der Waals surface area contributed by atoms with Crippen LogP contribution in [0.25, 0.3) is 0 Å². The van der Waals surface area contributed by atoms with Crippen LogP contribution in [0.15, 0.2) is 22.8 Å². The molecule has 1 saturated heterocycles. The molecule has 1 aromatic rings. The third-order valence-corrected chi connectivity index (χ3v) is 2.92. The van der Waals surface area contributed by atoms with Crippen molar-refractivity contribution in [1.82, 2.24) is 5.32 Å². The van der Waals surface area contributed by atoms with Crippen LogP contribution in [-0.2, 0) is 0 Å². The van der Waals surface area contributed by atoms with Crippen molar-refractivity contribution in [1.29, 1.82) is 0 Å². The van der Waals surface area contributed by atoms with Crippen molar-refractivity contribution >= 4 is 5.91 Å². The van der Waals surface area contributed by atoms with E-state index in [-0.39, 0.29) is 5.91 Å². The highest BCUT2D eigenvalue weighted by Crippen LogP contribution is 2.04. The van der Waals surface area contributed by atoms with Gasteiger partial charge in [-0.15, -0.1) is 0 Å². The van der Waals surface area contributed by atoms with E-state index >= 15 is 0 Å². The monoisotopic (exact) mass is 209 g/mol. The molecular formula is C11H17N2O2+. The molecule has 2 rings (SSSR count). The number of piperidine rings is 1. The van der Waals surface area contributed by atoms with Crippen LogP contribution in [0, 0.1) is 0 Å².